The van der Waals surface area contributed by atoms with E-state index in [0.29, 0.717) is 18.1 Å². The van der Waals surface area contributed by atoms with E-state index in [1.165, 1.54) is 0 Å². The van der Waals surface area contributed by atoms with Crippen LogP contribution in [0.4, 0.5) is 5.82 Å². The first-order chi connectivity index (χ1) is 9.20. The maximum absolute atomic E-state index is 12.1. The minimum atomic E-state index is -0.160. The highest BCUT2D eigenvalue weighted by molar-refractivity contribution is 5.92. The minimum absolute atomic E-state index is 0.160. The Morgan fingerprint density at radius 3 is 2.53 bits per heavy atom. The van der Waals surface area contributed by atoms with Gasteiger partial charge in [-0.2, -0.15) is 0 Å². The topological polar surface area (TPSA) is 71.0 Å². The molecular weight excluding hydrogens is 242 g/mol. The Labute approximate surface area is 111 Å². The molecule has 0 aliphatic carbocycles. The monoisotopic (exact) mass is 257 g/mol. The molecule has 0 atom stereocenters. The van der Waals surface area contributed by atoms with Crippen LogP contribution >= 0.6 is 0 Å². The third-order valence-electron chi connectivity index (χ3n) is 2.66. The van der Waals surface area contributed by atoms with Crippen LogP contribution in [0.2, 0.25) is 0 Å². The van der Waals surface area contributed by atoms with Crippen LogP contribution < -0.4 is 5.32 Å². The van der Waals surface area contributed by atoms with Crippen LogP contribution in [0, 0.1) is 0 Å². The van der Waals surface area contributed by atoms with Gasteiger partial charge in [-0.1, -0.05) is 0 Å². The van der Waals surface area contributed by atoms with Crippen LogP contribution in [0.1, 0.15) is 16.1 Å². The van der Waals surface area contributed by atoms with Gasteiger partial charge in [0.25, 0.3) is 5.91 Å². The molecule has 98 valence electrons. The molecule has 0 aromatic carbocycles. The number of hydrogen-bond donors (Lipinski definition) is 1. The minimum Gasteiger partial charge on any atom is -0.372 e. The second-order valence-corrected chi connectivity index (χ2v) is 4.07. The second kappa shape index (κ2) is 5.90. The molecule has 19 heavy (non-hydrogen) atoms. The Balaban J connectivity index is 2.06. The van der Waals surface area contributed by atoms with Crippen molar-refractivity contribution < 1.29 is 4.79 Å². The van der Waals surface area contributed by atoms with Crippen molar-refractivity contribution >= 4 is 11.7 Å². The third kappa shape index (κ3) is 3.25. The standard InChI is InChI=1S/C13H15N5O/c1-14-12-4-3-11(16-17-12)13(19)18(2)9-10-5-7-15-8-6-10/h3-8H,9H2,1-2H3,(H,14,17). The highest BCUT2D eigenvalue weighted by Gasteiger charge is 2.13. The summed E-state index contributed by atoms with van der Waals surface area (Å²) >= 11 is 0. The zero-order valence-electron chi connectivity index (χ0n) is 10.9. The Kier molecular flexibility index (Phi) is 4.02. The molecule has 0 aliphatic rings. The number of carbonyl (C=O) groups is 1. The summed E-state index contributed by atoms with van der Waals surface area (Å²) in [5, 5.41) is 10.6. The summed E-state index contributed by atoms with van der Waals surface area (Å²) < 4.78 is 0. The highest BCUT2D eigenvalue weighted by atomic mass is 16.2. The third-order valence-corrected chi connectivity index (χ3v) is 2.66. The van der Waals surface area contributed by atoms with Crippen molar-refractivity contribution in [2.75, 3.05) is 19.4 Å². The van der Waals surface area contributed by atoms with E-state index < -0.39 is 0 Å². The largest absolute Gasteiger partial charge is 0.372 e. The summed E-state index contributed by atoms with van der Waals surface area (Å²) in [6.07, 6.45) is 3.41. The molecule has 0 unspecified atom stereocenters. The molecule has 0 saturated heterocycles. The number of aromatic nitrogens is 3. The Morgan fingerprint density at radius 2 is 1.95 bits per heavy atom. The molecule has 6 nitrogen and oxygen atoms in total. The molecule has 0 saturated carbocycles. The molecule has 0 fully saturated rings. The lowest BCUT2D eigenvalue weighted by atomic mass is 10.2. The quantitative estimate of drug-likeness (QED) is 0.890. The van der Waals surface area contributed by atoms with E-state index in [1.807, 2.05) is 12.1 Å². The van der Waals surface area contributed by atoms with Crippen LogP contribution in [0.5, 0.6) is 0 Å². The predicted molar refractivity (Wildman–Crippen MR) is 71.6 cm³/mol. The molecule has 0 radical (unpaired) electrons. The fourth-order valence-electron chi connectivity index (χ4n) is 1.61. The zero-order chi connectivity index (χ0) is 13.7. The van der Waals surface area contributed by atoms with Crippen LogP contribution in [0.3, 0.4) is 0 Å². The van der Waals surface area contributed by atoms with Gasteiger partial charge in [-0.25, -0.2) is 0 Å². The number of carbonyl (C=O) groups excluding carboxylic acids is 1. The highest BCUT2D eigenvalue weighted by Crippen LogP contribution is 2.07. The smallest absolute Gasteiger partial charge is 0.274 e. The molecule has 1 amide bonds. The fraction of sp³-hybridized carbons (Fsp3) is 0.231. The summed E-state index contributed by atoms with van der Waals surface area (Å²) in [4.78, 5) is 17.7. The van der Waals surface area contributed by atoms with Gasteiger partial charge in [-0.05, 0) is 29.8 Å². The van der Waals surface area contributed by atoms with Crippen molar-refractivity contribution in [1.82, 2.24) is 20.1 Å². The maximum atomic E-state index is 12.1. The first kappa shape index (κ1) is 12.9. The van der Waals surface area contributed by atoms with E-state index in [4.69, 9.17) is 0 Å². The van der Waals surface area contributed by atoms with E-state index in [1.54, 1.807) is 43.5 Å². The number of pyridine rings is 1. The van der Waals surface area contributed by atoms with E-state index in [-0.39, 0.29) is 5.91 Å². The van der Waals surface area contributed by atoms with Crippen molar-refractivity contribution in [2.24, 2.45) is 0 Å². The van der Waals surface area contributed by atoms with Gasteiger partial charge in [0.2, 0.25) is 0 Å². The van der Waals surface area contributed by atoms with Gasteiger partial charge in [0.1, 0.15) is 5.82 Å². The van der Waals surface area contributed by atoms with Gasteiger partial charge >= 0.3 is 0 Å². The van der Waals surface area contributed by atoms with Gasteiger partial charge in [0.05, 0.1) is 0 Å². The molecular formula is C13H15N5O. The molecule has 0 spiro atoms. The summed E-state index contributed by atoms with van der Waals surface area (Å²) in [6.45, 7) is 0.511. The number of amides is 1. The van der Waals surface area contributed by atoms with Crippen LogP contribution in [-0.2, 0) is 6.54 Å². The number of anilines is 1. The lowest BCUT2D eigenvalue weighted by molar-refractivity contribution is 0.0778. The van der Waals surface area contributed by atoms with Crippen LogP contribution in [0.25, 0.3) is 0 Å². The second-order valence-electron chi connectivity index (χ2n) is 4.07. The zero-order valence-corrected chi connectivity index (χ0v) is 10.9. The number of rotatable bonds is 4. The van der Waals surface area contributed by atoms with E-state index in [0.717, 1.165) is 5.56 Å². The average molecular weight is 257 g/mol. The molecule has 6 heteroatoms. The van der Waals surface area contributed by atoms with Gasteiger partial charge in [0, 0.05) is 33.0 Å². The normalized spacial score (nSPS) is 10.0. The van der Waals surface area contributed by atoms with Gasteiger partial charge in [0.15, 0.2) is 5.69 Å². The number of nitrogens with one attached hydrogen (secondary N) is 1. The van der Waals surface area contributed by atoms with Gasteiger partial charge in [-0.15, -0.1) is 10.2 Å². The lowest BCUT2D eigenvalue weighted by Gasteiger charge is -2.16. The summed E-state index contributed by atoms with van der Waals surface area (Å²) in [5.74, 6) is 0.473. The van der Waals surface area contributed by atoms with Crippen molar-refractivity contribution in [3.8, 4) is 0 Å². The van der Waals surface area contributed by atoms with Crippen LogP contribution in [-0.4, -0.2) is 40.1 Å². The van der Waals surface area contributed by atoms with E-state index >= 15 is 0 Å². The SMILES string of the molecule is CNc1ccc(C(=O)N(C)Cc2ccncc2)nn1. The van der Waals surface area contributed by atoms with E-state index in [9.17, 15) is 4.79 Å². The fourth-order valence-corrected chi connectivity index (χ4v) is 1.61. The molecule has 2 rings (SSSR count). The molecule has 0 bridgehead atoms. The molecule has 2 aromatic rings. The average Bonchev–Trinajstić information content (AvgIpc) is 2.47. The van der Waals surface area contributed by atoms with Crippen molar-refractivity contribution in [1.29, 1.82) is 0 Å². The molecule has 0 aliphatic heterocycles. The number of nitrogens with zero attached hydrogens (tertiary/aromatic N) is 4. The lowest BCUT2D eigenvalue weighted by Crippen LogP contribution is -2.27. The summed E-state index contributed by atoms with van der Waals surface area (Å²) in [5.41, 5.74) is 1.35. The molecule has 1 N–H and O–H groups in total. The van der Waals surface area contributed by atoms with Crippen molar-refractivity contribution in [3.63, 3.8) is 0 Å². The summed E-state index contributed by atoms with van der Waals surface area (Å²) in [7, 11) is 3.48. The molecule has 2 heterocycles. The Morgan fingerprint density at radius 1 is 1.21 bits per heavy atom. The summed E-state index contributed by atoms with van der Waals surface area (Å²) in [6, 6.07) is 7.13. The van der Waals surface area contributed by atoms with Crippen molar-refractivity contribution in [2.45, 2.75) is 6.54 Å². The van der Waals surface area contributed by atoms with Crippen molar-refractivity contribution in [3.05, 3.63) is 47.9 Å². The van der Waals surface area contributed by atoms with Gasteiger partial charge < -0.3 is 10.2 Å². The molecule has 2 aromatic heterocycles. The Bertz CT molecular complexity index is 541. The van der Waals surface area contributed by atoms with E-state index in [2.05, 4.69) is 20.5 Å². The predicted octanol–water partition coefficient (Wildman–Crippen LogP) is 1.19. The first-order valence-corrected chi connectivity index (χ1v) is 5.86. The maximum Gasteiger partial charge on any atom is 0.274 e. The number of hydrogen-bond acceptors (Lipinski definition) is 5. The Hall–Kier alpha value is -2.50. The first-order valence-electron chi connectivity index (χ1n) is 5.86. The van der Waals surface area contributed by atoms with Gasteiger partial charge in [-0.3, -0.25) is 9.78 Å². The van der Waals surface area contributed by atoms with Crippen LogP contribution in [0.15, 0.2) is 36.7 Å².